The van der Waals surface area contributed by atoms with Gasteiger partial charge in [0.05, 0.1) is 12.2 Å². The minimum Gasteiger partial charge on any atom is -0.443 e. The van der Waals surface area contributed by atoms with Crippen molar-refractivity contribution in [2.24, 2.45) is 5.92 Å². The van der Waals surface area contributed by atoms with Crippen LogP contribution < -0.4 is 5.32 Å². The number of carbonyl (C=O) groups excluding carboxylic acids is 1. The fourth-order valence-corrected chi connectivity index (χ4v) is 2.60. The molecule has 2 heterocycles. The van der Waals surface area contributed by atoms with Gasteiger partial charge < -0.3 is 14.8 Å². The van der Waals surface area contributed by atoms with E-state index in [-0.39, 0.29) is 17.7 Å². The zero-order valence-corrected chi connectivity index (χ0v) is 15.0. The lowest BCUT2D eigenvalue weighted by molar-refractivity contribution is 0.0994. The minimum absolute atomic E-state index is 0.172. The van der Waals surface area contributed by atoms with Crippen LogP contribution in [0.5, 0.6) is 0 Å². The van der Waals surface area contributed by atoms with Crippen molar-refractivity contribution in [1.29, 1.82) is 0 Å². The number of carbonyl (C=O) groups is 1. The topological polar surface area (TPSA) is 80.3 Å². The minimum atomic E-state index is -1.11. The van der Waals surface area contributed by atoms with Crippen LogP contribution in [0.15, 0.2) is 22.7 Å². The number of furan rings is 1. The lowest BCUT2D eigenvalue weighted by Gasteiger charge is -2.15. The van der Waals surface area contributed by atoms with Crippen LogP contribution in [0.1, 0.15) is 61.5 Å². The van der Waals surface area contributed by atoms with Crippen LogP contribution >= 0.6 is 0 Å². The van der Waals surface area contributed by atoms with Gasteiger partial charge in [-0.05, 0) is 64.5 Å². The van der Waals surface area contributed by atoms with Crippen molar-refractivity contribution < 1.29 is 14.3 Å². The fourth-order valence-electron chi connectivity index (χ4n) is 2.60. The summed E-state index contributed by atoms with van der Waals surface area (Å²) in [5.74, 6) is 6.87. The van der Waals surface area contributed by atoms with Crippen LogP contribution in [0.3, 0.4) is 0 Å². The Balaban J connectivity index is 1.76. The smallest absolute Gasteiger partial charge is 0.292 e. The molecule has 0 bridgehead atoms. The number of rotatable bonds is 4. The van der Waals surface area contributed by atoms with Crippen molar-refractivity contribution in [2.75, 3.05) is 5.32 Å². The molecule has 0 saturated heterocycles. The molecular formula is C19H23N3O3. The Morgan fingerprint density at radius 3 is 2.84 bits per heavy atom. The molecule has 0 aliphatic heterocycles. The third-order valence-corrected chi connectivity index (χ3v) is 4.22. The number of amides is 1. The van der Waals surface area contributed by atoms with Gasteiger partial charge in [0, 0.05) is 5.56 Å². The summed E-state index contributed by atoms with van der Waals surface area (Å²) < 4.78 is 7.34. The quantitative estimate of drug-likeness (QED) is 0.837. The average Bonchev–Trinajstić information content (AvgIpc) is 3.17. The Morgan fingerprint density at radius 2 is 2.20 bits per heavy atom. The van der Waals surface area contributed by atoms with Crippen molar-refractivity contribution in [1.82, 2.24) is 9.78 Å². The second kappa shape index (κ2) is 6.41. The summed E-state index contributed by atoms with van der Waals surface area (Å²) in [6.45, 7) is 7.21. The van der Waals surface area contributed by atoms with Gasteiger partial charge in [0.1, 0.15) is 11.4 Å². The highest BCUT2D eigenvalue weighted by atomic mass is 16.3. The van der Waals surface area contributed by atoms with Gasteiger partial charge in [-0.25, -0.2) is 4.68 Å². The number of nitrogens with zero attached hydrogens (tertiary/aromatic N) is 2. The molecule has 1 atom stereocenters. The van der Waals surface area contributed by atoms with Gasteiger partial charge in [0.25, 0.3) is 5.91 Å². The molecule has 0 spiro atoms. The van der Waals surface area contributed by atoms with Crippen molar-refractivity contribution in [3.05, 3.63) is 35.4 Å². The summed E-state index contributed by atoms with van der Waals surface area (Å²) in [5.41, 5.74) is -0.202. The van der Waals surface area contributed by atoms with Gasteiger partial charge in [-0.1, -0.05) is 5.92 Å². The van der Waals surface area contributed by atoms with E-state index in [4.69, 9.17) is 4.42 Å². The Labute approximate surface area is 147 Å². The third-order valence-electron chi connectivity index (χ3n) is 4.22. The van der Waals surface area contributed by atoms with Gasteiger partial charge in [-0.3, -0.25) is 4.79 Å². The average molecular weight is 341 g/mol. The number of aryl methyl sites for hydroxylation is 1. The largest absolute Gasteiger partial charge is 0.443 e. The number of anilines is 1. The molecule has 1 fully saturated rings. The predicted octanol–water partition coefficient (Wildman–Crippen LogP) is 3.13. The maximum Gasteiger partial charge on any atom is 0.292 e. The molecule has 0 radical (unpaired) electrons. The van der Waals surface area contributed by atoms with E-state index in [1.807, 2.05) is 11.6 Å². The number of nitrogens with one attached hydrogen (secondary N) is 1. The van der Waals surface area contributed by atoms with Crippen molar-refractivity contribution >= 4 is 11.7 Å². The van der Waals surface area contributed by atoms with E-state index in [9.17, 15) is 9.90 Å². The van der Waals surface area contributed by atoms with Crippen molar-refractivity contribution in [3.8, 4) is 11.8 Å². The third kappa shape index (κ3) is 4.12. The fraction of sp³-hybridized carbons (Fsp3) is 0.474. The first kappa shape index (κ1) is 17.3. The van der Waals surface area contributed by atoms with Crippen LogP contribution in [-0.4, -0.2) is 26.4 Å². The van der Waals surface area contributed by atoms with Gasteiger partial charge in [0.2, 0.25) is 0 Å². The molecule has 132 valence electrons. The predicted molar refractivity (Wildman–Crippen MR) is 94.2 cm³/mol. The van der Waals surface area contributed by atoms with Gasteiger partial charge in [-0.15, -0.1) is 0 Å². The van der Waals surface area contributed by atoms with Gasteiger partial charge in [-0.2, -0.15) is 5.10 Å². The van der Waals surface area contributed by atoms with Crippen LogP contribution in [0.4, 0.5) is 5.82 Å². The van der Waals surface area contributed by atoms with Crippen LogP contribution in [0.2, 0.25) is 0 Å². The first-order valence-corrected chi connectivity index (χ1v) is 8.45. The first-order valence-electron chi connectivity index (χ1n) is 8.45. The number of hydrogen-bond donors (Lipinski definition) is 2. The van der Waals surface area contributed by atoms with E-state index in [0.29, 0.717) is 17.5 Å². The lowest BCUT2D eigenvalue weighted by atomic mass is 10.1. The molecule has 1 amide bonds. The van der Waals surface area contributed by atoms with Crippen LogP contribution in [0, 0.1) is 24.7 Å². The second-order valence-corrected chi connectivity index (χ2v) is 7.13. The Bertz CT molecular complexity index is 841. The molecule has 3 rings (SSSR count). The Hall–Kier alpha value is -2.52. The molecule has 6 nitrogen and oxygen atoms in total. The van der Waals surface area contributed by atoms with Crippen molar-refractivity contribution in [3.63, 3.8) is 0 Å². The first-order chi connectivity index (χ1) is 11.7. The highest BCUT2D eigenvalue weighted by Crippen LogP contribution is 2.40. The molecular weight excluding hydrogens is 318 g/mol. The number of aromatic nitrogens is 2. The van der Waals surface area contributed by atoms with E-state index in [0.717, 1.165) is 5.56 Å². The SMILES string of the molecule is Cc1cnn([C@H](C)C2CC2)c1NC(=O)c1ccc(C#CC(C)(C)O)o1. The summed E-state index contributed by atoms with van der Waals surface area (Å²) in [7, 11) is 0. The standard InChI is InChI=1S/C19H23N3O3/c1-12-11-20-22(13(2)14-5-6-14)17(12)21-18(23)16-8-7-15(25-16)9-10-19(3,4)24/h7-8,11,13-14,24H,5-6H2,1-4H3,(H,21,23)/t13-/m1/s1. The molecule has 1 saturated carbocycles. The molecule has 0 aromatic carbocycles. The molecule has 2 N–H and O–H groups in total. The normalized spacial score (nSPS) is 15.4. The summed E-state index contributed by atoms with van der Waals surface area (Å²) in [6.07, 6.45) is 4.17. The van der Waals surface area contributed by atoms with E-state index < -0.39 is 5.60 Å². The van der Waals surface area contributed by atoms with Gasteiger partial charge in [0.15, 0.2) is 11.5 Å². The van der Waals surface area contributed by atoms with E-state index in [1.54, 1.807) is 32.2 Å². The second-order valence-electron chi connectivity index (χ2n) is 7.13. The molecule has 6 heteroatoms. The Kier molecular flexibility index (Phi) is 4.44. The monoisotopic (exact) mass is 341 g/mol. The lowest BCUT2D eigenvalue weighted by Crippen LogP contribution is -2.18. The maximum atomic E-state index is 12.5. The molecule has 0 unspecified atom stereocenters. The van der Waals surface area contributed by atoms with Crippen molar-refractivity contribution in [2.45, 2.75) is 52.2 Å². The van der Waals surface area contributed by atoms with E-state index in [1.165, 1.54) is 12.8 Å². The molecule has 1 aliphatic rings. The summed E-state index contributed by atoms with van der Waals surface area (Å²) in [4.78, 5) is 12.5. The summed E-state index contributed by atoms with van der Waals surface area (Å²) in [5, 5.41) is 16.9. The molecule has 1 aliphatic carbocycles. The highest BCUT2D eigenvalue weighted by Gasteiger charge is 2.31. The maximum absolute atomic E-state index is 12.5. The summed E-state index contributed by atoms with van der Waals surface area (Å²) in [6, 6.07) is 3.45. The number of hydrogen-bond acceptors (Lipinski definition) is 4. The van der Waals surface area contributed by atoms with E-state index in [2.05, 4.69) is 29.2 Å². The molecule has 2 aromatic rings. The number of aliphatic hydroxyl groups is 1. The molecule has 2 aromatic heterocycles. The van der Waals surface area contributed by atoms with Crippen LogP contribution in [-0.2, 0) is 0 Å². The summed E-state index contributed by atoms with van der Waals surface area (Å²) >= 11 is 0. The zero-order chi connectivity index (χ0) is 18.2. The highest BCUT2D eigenvalue weighted by molar-refractivity contribution is 6.02. The van der Waals surface area contributed by atoms with Gasteiger partial charge >= 0.3 is 0 Å². The van der Waals surface area contributed by atoms with E-state index >= 15 is 0 Å². The Morgan fingerprint density at radius 1 is 1.48 bits per heavy atom. The van der Waals surface area contributed by atoms with Crippen LogP contribution in [0.25, 0.3) is 0 Å². The molecule has 25 heavy (non-hydrogen) atoms. The zero-order valence-electron chi connectivity index (χ0n) is 15.0.